The molecule has 0 radical (unpaired) electrons. The van der Waals surface area contributed by atoms with Crippen LogP contribution in [-0.4, -0.2) is 11.1 Å². The molecule has 0 bridgehead atoms. The molecule has 0 aromatic carbocycles. The monoisotopic (exact) mass is 128 g/mol. The molecule has 0 spiro atoms. The number of carboxylic acids is 1. The van der Waals surface area contributed by atoms with E-state index in [0.717, 1.165) is 6.42 Å². The fraction of sp³-hybridized carbons (Fsp3) is 0.571. The van der Waals surface area contributed by atoms with Gasteiger partial charge in [-0.1, -0.05) is 19.9 Å². The lowest BCUT2D eigenvalue weighted by Gasteiger charge is -1.94. The predicted octanol–water partition coefficient (Wildman–Crippen LogP) is 1.67. The Kier molecular flexibility index (Phi) is 3.76. The number of aliphatic carboxylic acids is 1. The largest absolute Gasteiger partial charge is 0.478 e. The zero-order chi connectivity index (χ0) is 7.28. The third-order valence-electron chi connectivity index (χ3n) is 0.868. The van der Waals surface area contributed by atoms with Crippen molar-refractivity contribution in [3.63, 3.8) is 0 Å². The van der Waals surface area contributed by atoms with Crippen LogP contribution in [0.5, 0.6) is 0 Å². The summed E-state index contributed by atoms with van der Waals surface area (Å²) in [5.74, 6) is -0.323. The lowest BCUT2D eigenvalue weighted by atomic mass is 10.1. The van der Waals surface area contributed by atoms with E-state index in [1.165, 1.54) is 6.08 Å². The van der Waals surface area contributed by atoms with Crippen molar-refractivity contribution < 1.29 is 9.90 Å². The second-order valence-electron chi connectivity index (χ2n) is 2.37. The Morgan fingerprint density at radius 1 is 1.67 bits per heavy atom. The molecule has 0 saturated heterocycles. The first kappa shape index (κ1) is 8.21. The van der Waals surface area contributed by atoms with Crippen molar-refractivity contribution in [3.05, 3.63) is 12.2 Å². The highest BCUT2D eigenvalue weighted by Crippen LogP contribution is 1.98. The first-order chi connectivity index (χ1) is 4.13. The second-order valence-corrected chi connectivity index (χ2v) is 2.37. The summed E-state index contributed by atoms with van der Waals surface area (Å²) in [6, 6.07) is 0. The van der Waals surface area contributed by atoms with Crippen LogP contribution in [0.15, 0.2) is 12.2 Å². The lowest BCUT2D eigenvalue weighted by molar-refractivity contribution is -0.131. The highest BCUT2D eigenvalue weighted by Gasteiger charge is 1.88. The molecule has 52 valence electrons. The van der Waals surface area contributed by atoms with Crippen molar-refractivity contribution in [3.8, 4) is 0 Å². The minimum Gasteiger partial charge on any atom is -0.478 e. The van der Waals surface area contributed by atoms with Crippen molar-refractivity contribution >= 4 is 5.97 Å². The summed E-state index contributed by atoms with van der Waals surface area (Å²) in [7, 11) is 0. The van der Waals surface area contributed by atoms with Crippen molar-refractivity contribution in [2.45, 2.75) is 20.3 Å². The zero-order valence-corrected chi connectivity index (χ0v) is 5.79. The van der Waals surface area contributed by atoms with Gasteiger partial charge in [-0.2, -0.15) is 0 Å². The topological polar surface area (TPSA) is 37.3 Å². The van der Waals surface area contributed by atoms with Crippen LogP contribution >= 0.6 is 0 Å². The molecule has 0 amide bonds. The van der Waals surface area contributed by atoms with Crippen molar-refractivity contribution in [1.29, 1.82) is 0 Å². The van der Waals surface area contributed by atoms with Crippen molar-refractivity contribution in [2.75, 3.05) is 0 Å². The van der Waals surface area contributed by atoms with E-state index in [2.05, 4.69) is 0 Å². The molecular weight excluding hydrogens is 116 g/mol. The first-order valence-electron chi connectivity index (χ1n) is 3.02. The maximum atomic E-state index is 9.89. The summed E-state index contributed by atoms with van der Waals surface area (Å²) >= 11 is 0. The number of hydrogen-bond acceptors (Lipinski definition) is 1. The van der Waals surface area contributed by atoms with E-state index in [4.69, 9.17) is 5.11 Å². The fourth-order valence-electron chi connectivity index (χ4n) is 0.441. The SMILES string of the molecule is CC(C)C/C=C\C(=O)O. The Hall–Kier alpha value is -0.790. The third-order valence-corrected chi connectivity index (χ3v) is 0.868. The Bertz CT molecular complexity index is 114. The molecule has 1 N–H and O–H groups in total. The highest BCUT2D eigenvalue weighted by molar-refractivity contribution is 5.79. The Morgan fingerprint density at radius 3 is 2.56 bits per heavy atom. The molecular formula is C7H12O2. The van der Waals surface area contributed by atoms with Gasteiger partial charge < -0.3 is 5.11 Å². The summed E-state index contributed by atoms with van der Waals surface area (Å²) < 4.78 is 0. The molecule has 2 heteroatoms. The zero-order valence-electron chi connectivity index (χ0n) is 5.79. The van der Waals surface area contributed by atoms with Crippen LogP contribution in [0.1, 0.15) is 20.3 Å². The van der Waals surface area contributed by atoms with E-state index in [1.807, 2.05) is 13.8 Å². The Morgan fingerprint density at radius 2 is 2.22 bits per heavy atom. The second kappa shape index (κ2) is 4.13. The summed E-state index contributed by atoms with van der Waals surface area (Å²) in [4.78, 5) is 9.89. The summed E-state index contributed by atoms with van der Waals surface area (Å²) in [6.07, 6.45) is 3.69. The highest BCUT2D eigenvalue weighted by atomic mass is 16.4. The molecule has 0 aromatic heterocycles. The van der Waals surface area contributed by atoms with Gasteiger partial charge in [0.25, 0.3) is 0 Å². The van der Waals surface area contributed by atoms with Crippen molar-refractivity contribution in [2.24, 2.45) is 5.92 Å². The minimum absolute atomic E-state index is 0.542. The van der Waals surface area contributed by atoms with Gasteiger partial charge in [0.15, 0.2) is 0 Å². The van der Waals surface area contributed by atoms with Crippen LogP contribution in [-0.2, 0) is 4.79 Å². The molecule has 0 aliphatic carbocycles. The van der Waals surface area contributed by atoms with Gasteiger partial charge in [-0.25, -0.2) is 4.79 Å². The van der Waals surface area contributed by atoms with Crippen LogP contribution in [0, 0.1) is 5.92 Å². The van der Waals surface area contributed by atoms with E-state index >= 15 is 0 Å². The molecule has 0 saturated carbocycles. The number of hydrogen-bond donors (Lipinski definition) is 1. The number of carbonyl (C=O) groups is 1. The number of carboxylic acid groups (broad SMARTS) is 1. The van der Waals surface area contributed by atoms with Gasteiger partial charge in [0, 0.05) is 6.08 Å². The maximum Gasteiger partial charge on any atom is 0.327 e. The molecule has 0 aliphatic heterocycles. The van der Waals surface area contributed by atoms with E-state index in [1.54, 1.807) is 6.08 Å². The van der Waals surface area contributed by atoms with Gasteiger partial charge in [-0.3, -0.25) is 0 Å². The average molecular weight is 128 g/mol. The van der Waals surface area contributed by atoms with Crippen LogP contribution in [0.2, 0.25) is 0 Å². The fourth-order valence-corrected chi connectivity index (χ4v) is 0.441. The van der Waals surface area contributed by atoms with Gasteiger partial charge in [0.05, 0.1) is 0 Å². The van der Waals surface area contributed by atoms with Gasteiger partial charge in [-0.15, -0.1) is 0 Å². The number of rotatable bonds is 3. The molecule has 0 heterocycles. The number of allylic oxidation sites excluding steroid dienone is 1. The van der Waals surface area contributed by atoms with E-state index in [9.17, 15) is 4.79 Å². The van der Waals surface area contributed by atoms with Gasteiger partial charge in [0.1, 0.15) is 0 Å². The molecule has 0 fully saturated rings. The average Bonchev–Trinajstić information content (AvgIpc) is 1.63. The minimum atomic E-state index is -0.865. The maximum absolute atomic E-state index is 9.89. The van der Waals surface area contributed by atoms with Gasteiger partial charge >= 0.3 is 5.97 Å². The summed E-state index contributed by atoms with van der Waals surface area (Å²) in [5.41, 5.74) is 0. The lowest BCUT2D eigenvalue weighted by Crippen LogP contribution is -1.87. The molecule has 9 heavy (non-hydrogen) atoms. The van der Waals surface area contributed by atoms with Crippen LogP contribution in [0.25, 0.3) is 0 Å². The standard InChI is InChI=1S/C7H12O2/c1-6(2)4-3-5-7(8)9/h3,5-6H,4H2,1-2H3,(H,8,9)/b5-3-. The smallest absolute Gasteiger partial charge is 0.327 e. The molecule has 0 aliphatic rings. The quantitative estimate of drug-likeness (QED) is 0.587. The molecule has 2 nitrogen and oxygen atoms in total. The van der Waals surface area contributed by atoms with Crippen LogP contribution in [0.3, 0.4) is 0 Å². The van der Waals surface area contributed by atoms with E-state index in [-0.39, 0.29) is 0 Å². The molecule has 0 unspecified atom stereocenters. The summed E-state index contributed by atoms with van der Waals surface area (Å²) in [5, 5.41) is 8.14. The van der Waals surface area contributed by atoms with Gasteiger partial charge in [-0.05, 0) is 12.3 Å². The van der Waals surface area contributed by atoms with Crippen molar-refractivity contribution in [1.82, 2.24) is 0 Å². The van der Waals surface area contributed by atoms with E-state index < -0.39 is 5.97 Å². The third kappa shape index (κ3) is 7.21. The van der Waals surface area contributed by atoms with E-state index in [0.29, 0.717) is 5.92 Å². The normalized spacial score (nSPS) is 11.0. The predicted molar refractivity (Wildman–Crippen MR) is 36.2 cm³/mol. The first-order valence-corrected chi connectivity index (χ1v) is 3.02. The van der Waals surface area contributed by atoms with Crippen LogP contribution in [0.4, 0.5) is 0 Å². The molecule has 0 atom stereocenters. The molecule has 0 aromatic rings. The summed E-state index contributed by atoms with van der Waals surface area (Å²) in [6.45, 7) is 4.10. The Balaban J connectivity index is 3.36. The van der Waals surface area contributed by atoms with Gasteiger partial charge in [0.2, 0.25) is 0 Å². The molecule has 0 rings (SSSR count). The Labute approximate surface area is 55.2 Å². The van der Waals surface area contributed by atoms with Crippen LogP contribution < -0.4 is 0 Å².